The van der Waals surface area contributed by atoms with Crippen LogP contribution in [0.4, 0.5) is 0 Å². The summed E-state index contributed by atoms with van der Waals surface area (Å²) in [7, 11) is 0. The molecule has 0 aliphatic heterocycles. The number of nitrogens with zero attached hydrogens (tertiary/aromatic N) is 1. The van der Waals surface area contributed by atoms with Gasteiger partial charge in [-0.25, -0.2) is 9.78 Å². The maximum Gasteiger partial charge on any atom is 0.339 e. The summed E-state index contributed by atoms with van der Waals surface area (Å²) in [5, 5.41) is 10.7. The van der Waals surface area contributed by atoms with Crippen LogP contribution in [0.25, 0.3) is 10.2 Å². The van der Waals surface area contributed by atoms with Gasteiger partial charge in [0.15, 0.2) is 6.10 Å². The van der Waals surface area contributed by atoms with E-state index in [1.165, 1.54) is 0 Å². The Balaban J connectivity index is 2.32. The highest BCUT2D eigenvalue weighted by molar-refractivity contribution is 7.18. The first kappa shape index (κ1) is 12.0. The molecule has 1 heterocycles. The van der Waals surface area contributed by atoms with E-state index in [2.05, 4.69) is 4.98 Å². The minimum Gasteiger partial charge on any atom is -0.464 e. The number of aliphatic hydroxyl groups is 1. The summed E-state index contributed by atoms with van der Waals surface area (Å²) in [6.07, 6.45) is -1.23. The minimum atomic E-state index is -1.23. The Morgan fingerprint density at radius 2 is 2.35 bits per heavy atom. The lowest BCUT2D eigenvalue weighted by molar-refractivity contribution is -0.153. The van der Waals surface area contributed by atoms with Gasteiger partial charge in [-0.3, -0.25) is 0 Å². The van der Waals surface area contributed by atoms with Crippen LogP contribution in [0.3, 0.4) is 0 Å². The van der Waals surface area contributed by atoms with Crippen molar-refractivity contribution in [1.82, 2.24) is 4.98 Å². The number of aryl methyl sites for hydroxylation is 1. The fourth-order valence-corrected chi connectivity index (χ4v) is 2.39. The number of ether oxygens (including phenoxy) is 1. The first-order chi connectivity index (χ1) is 8.11. The molecule has 90 valence electrons. The normalized spacial score (nSPS) is 12.6. The number of aliphatic hydroxyl groups excluding tert-OH is 1. The van der Waals surface area contributed by atoms with Crippen LogP contribution >= 0.6 is 11.3 Å². The van der Waals surface area contributed by atoms with Crippen LogP contribution in [0.1, 0.15) is 23.6 Å². The topological polar surface area (TPSA) is 59.4 Å². The predicted octanol–water partition coefficient (Wildman–Crippen LogP) is 2.20. The van der Waals surface area contributed by atoms with Crippen molar-refractivity contribution in [1.29, 1.82) is 0 Å². The van der Waals surface area contributed by atoms with E-state index in [9.17, 15) is 9.90 Å². The summed E-state index contributed by atoms with van der Waals surface area (Å²) in [5.74, 6) is -0.626. The van der Waals surface area contributed by atoms with E-state index >= 15 is 0 Å². The van der Waals surface area contributed by atoms with Gasteiger partial charge < -0.3 is 9.84 Å². The zero-order valence-electron chi connectivity index (χ0n) is 9.64. The molecule has 0 amide bonds. The number of aromatic nitrogens is 1. The number of fused-ring (bicyclic) bond motifs is 1. The van der Waals surface area contributed by atoms with Crippen molar-refractivity contribution in [2.75, 3.05) is 6.61 Å². The zero-order valence-corrected chi connectivity index (χ0v) is 10.5. The van der Waals surface area contributed by atoms with E-state index in [0.717, 1.165) is 15.2 Å². The van der Waals surface area contributed by atoms with Gasteiger partial charge in [-0.05, 0) is 31.5 Å². The SMILES string of the molecule is CCOC(=O)C(O)c1ccc2sc(C)nc2c1. The largest absolute Gasteiger partial charge is 0.464 e. The van der Waals surface area contributed by atoms with Crippen molar-refractivity contribution in [3.63, 3.8) is 0 Å². The number of rotatable bonds is 3. The van der Waals surface area contributed by atoms with Crippen LogP contribution in [0.15, 0.2) is 18.2 Å². The molecular formula is C12H13NO3S. The van der Waals surface area contributed by atoms with Gasteiger partial charge >= 0.3 is 5.97 Å². The van der Waals surface area contributed by atoms with Crippen molar-refractivity contribution in [3.8, 4) is 0 Å². The molecule has 0 spiro atoms. The van der Waals surface area contributed by atoms with Crippen LogP contribution in [-0.2, 0) is 9.53 Å². The van der Waals surface area contributed by atoms with E-state index < -0.39 is 12.1 Å². The second-order valence-corrected chi connectivity index (χ2v) is 4.85. The number of hydrogen-bond donors (Lipinski definition) is 1. The summed E-state index contributed by atoms with van der Waals surface area (Å²) in [4.78, 5) is 15.7. The Hall–Kier alpha value is -1.46. The molecule has 0 saturated carbocycles. The number of thiazole rings is 1. The molecule has 0 aliphatic carbocycles. The van der Waals surface area contributed by atoms with Crippen LogP contribution in [0, 0.1) is 6.92 Å². The fourth-order valence-electron chi connectivity index (χ4n) is 1.59. The van der Waals surface area contributed by atoms with Crippen molar-refractivity contribution in [2.45, 2.75) is 20.0 Å². The number of esters is 1. The van der Waals surface area contributed by atoms with E-state index in [-0.39, 0.29) is 6.61 Å². The standard InChI is InChI=1S/C12H13NO3S/c1-3-16-12(15)11(14)8-4-5-10-9(6-8)13-7(2)17-10/h4-6,11,14H,3H2,1-2H3. The maximum absolute atomic E-state index is 11.4. The third-order valence-corrected chi connectivity index (χ3v) is 3.30. The molecular weight excluding hydrogens is 238 g/mol. The minimum absolute atomic E-state index is 0.258. The van der Waals surface area contributed by atoms with Crippen LogP contribution in [0.5, 0.6) is 0 Å². The zero-order chi connectivity index (χ0) is 12.4. The average Bonchev–Trinajstić information content (AvgIpc) is 2.67. The Morgan fingerprint density at radius 3 is 3.06 bits per heavy atom. The molecule has 1 atom stereocenters. The molecule has 2 rings (SSSR count). The Bertz CT molecular complexity index is 550. The van der Waals surface area contributed by atoms with Gasteiger partial charge in [-0.1, -0.05) is 6.07 Å². The Morgan fingerprint density at radius 1 is 1.59 bits per heavy atom. The third-order valence-electron chi connectivity index (χ3n) is 2.34. The lowest BCUT2D eigenvalue weighted by atomic mass is 10.1. The van der Waals surface area contributed by atoms with Crippen molar-refractivity contribution in [3.05, 3.63) is 28.8 Å². The highest BCUT2D eigenvalue weighted by Gasteiger charge is 2.19. The van der Waals surface area contributed by atoms with Crippen LogP contribution in [-0.4, -0.2) is 22.7 Å². The van der Waals surface area contributed by atoms with E-state index in [0.29, 0.717) is 5.56 Å². The van der Waals surface area contributed by atoms with Crippen LogP contribution in [0.2, 0.25) is 0 Å². The number of benzene rings is 1. The molecule has 5 heteroatoms. The average molecular weight is 251 g/mol. The molecule has 0 aliphatic rings. The van der Waals surface area contributed by atoms with Gasteiger partial charge in [0, 0.05) is 0 Å². The lowest BCUT2D eigenvalue weighted by Crippen LogP contribution is -2.15. The Labute approximate surface area is 103 Å². The second-order valence-electron chi connectivity index (χ2n) is 3.61. The van der Waals surface area contributed by atoms with Crippen LogP contribution < -0.4 is 0 Å². The summed E-state index contributed by atoms with van der Waals surface area (Å²) in [6, 6.07) is 5.31. The number of carbonyl (C=O) groups excluding carboxylic acids is 1. The molecule has 2 aromatic rings. The molecule has 0 bridgehead atoms. The summed E-state index contributed by atoms with van der Waals surface area (Å²) in [5.41, 5.74) is 1.31. The summed E-state index contributed by atoms with van der Waals surface area (Å²) < 4.78 is 5.81. The second kappa shape index (κ2) is 4.81. The van der Waals surface area contributed by atoms with Gasteiger partial charge in [-0.15, -0.1) is 11.3 Å². The fraction of sp³-hybridized carbons (Fsp3) is 0.333. The summed E-state index contributed by atoms with van der Waals surface area (Å²) in [6.45, 7) is 3.89. The molecule has 17 heavy (non-hydrogen) atoms. The van der Waals surface area contributed by atoms with Crippen molar-refractivity contribution >= 4 is 27.5 Å². The molecule has 0 fully saturated rings. The van der Waals surface area contributed by atoms with Gasteiger partial charge in [-0.2, -0.15) is 0 Å². The summed E-state index contributed by atoms with van der Waals surface area (Å²) >= 11 is 1.58. The van der Waals surface area contributed by atoms with E-state index in [1.807, 2.05) is 13.0 Å². The molecule has 1 unspecified atom stereocenters. The van der Waals surface area contributed by atoms with Gasteiger partial charge in [0.05, 0.1) is 21.8 Å². The smallest absolute Gasteiger partial charge is 0.339 e. The first-order valence-corrected chi connectivity index (χ1v) is 6.15. The molecule has 1 aromatic heterocycles. The molecule has 0 radical (unpaired) electrons. The molecule has 1 aromatic carbocycles. The lowest BCUT2D eigenvalue weighted by Gasteiger charge is -2.09. The number of carbonyl (C=O) groups is 1. The van der Waals surface area contributed by atoms with Crippen molar-refractivity contribution < 1.29 is 14.6 Å². The van der Waals surface area contributed by atoms with E-state index in [4.69, 9.17) is 4.74 Å². The van der Waals surface area contributed by atoms with Gasteiger partial charge in [0.1, 0.15) is 0 Å². The molecule has 0 saturated heterocycles. The molecule has 1 N–H and O–H groups in total. The quantitative estimate of drug-likeness (QED) is 0.850. The predicted molar refractivity (Wildman–Crippen MR) is 65.9 cm³/mol. The van der Waals surface area contributed by atoms with Gasteiger partial charge in [0.2, 0.25) is 0 Å². The third kappa shape index (κ3) is 2.45. The van der Waals surface area contributed by atoms with Gasteiger partial charge in [0.25, 0.3) is 0 Å². The molecule has 4 nitrogen and oxygen atoms in total. The van der Waals surface area contributed by atoms with Crippen molar-refractivity contribution in [2.24, 2.45) is 0 Å². The van der Waals surface area contributed by atoms with E-state index in [1.54, 1.807) is 30.4 Å². The first-order valence-electron chi connectivity index (χ1n) is 5.33. The highest BCUT2D eigenvalue weighted by atomic mass is 32.1. The Kier molecular flexibility index (Phi) is 3.40. The monoisotopic (exact) mass is 251 g/mol. The maximum atomic E-state index is 11.4. The number of hydrogen-bond acceptors (Lipinski definition) is 5. The highest BCUT2D eigenvalue weighted by Crippen LogP contribution is 2.25.